The molecule has 1 aliphatic carbocycles. The highest BCUT2D eigenvalue weighted by Gasteiger charge is 2.17. The molecule has 82 valence electrons. The van der Waals surface area contributed by atoms with E-state index in [-0.39, 0.29) is 0 Å². The van der Waals surface area contributed by atoms with Crippen molar-refractivity contribution in [2.75, 3.05) is 6.54 Å². The van der Waals surface area contributed by atoms with Gasteiger partial charge in [-0.3, -0.25) is 0 Å². The van der Waals surface area contributed by atoms with Crippen LogP contribution >= 0.6 is 11.6 Å². The quantitative estimate of drug-likeness (QED) is 0.819. The van der Waals surface area contributed by atoms with Gasteiger partial charge in [-0.2, -0.15) is 0 Å². The molecule has 1 aliphatic rings. The van der Waals surface area contributed by atoms with E-state index >= 15 is 0 Å². The molecule has 0 amide bonds. The van der Waals surface area contributed by atoms with E-state index in [4.69, 9.17) is 11.6 Å². The Morgan fingerprint density at radius 1 is 1.33 bits per heavy atom. The Labute approximate surface area is 96.8 Å². The highest BCUT2D eigenvalue weighted by Crippen LogP contribution is 2.26. The molecule has 0 bridgehead atoms. The van der Waals surface area contributed by atoms with Crippen molar-refractivity contribution >= 4 is 11.6 Å². The Kier molecular flexibility index (Phi) is 3.66. The van der Waals surface area contributed by atoms with Gasteiger partial charge in [0.05, 0.1) is 0 Å². The molecule has 0 unspecified atom stereocenters. The fourth-order valence-electron chi connectivity index (χ4n) is 1.91. The summed E-state index contributed by atoms with van der Waals surface area (Å²) in [6, 6.07) is 8.54. The van der Waals surface area contributed by atoms with Crippen LogP contribution in [0.2, 0.25) is 5.02 Å². The van der Waals surface area contributed by atoms with Crippen molar-refractivity contribution in [3.05, 3.63) is 34.9 Å². The van der Waals surface area contributed by atoms with Crippen LogP contribution in [-0.2, 0) is 0 Å². The molecule has 1 aromatic carbocycles. The second-order valence-corrected chi connectivity index (χ2v) is 4.91. The molecule has 0 heterocycles. The summed E-state index contributed by atoms with van der Waals surface area (Å²) in [5.74, 6) is 0.916. The molecule has 1 aromatic rings. The lowest BCUT2D eigenvalue weighted by atomic mass is 9.85. The fraction of sp³-hybridized carbons (Fsp3) is 0.538. The molecule has 2 heteroatoms. The molecule has 0 aromatic heterocycles. The fourth-order valence-corrected chi connectivity index (χ4v) is 2.04. The first-order valence-electron chi connectivity index (χ1n) is 5.74. The monoisotopic (exact) mass is 223 g/mol. The summed E-state index contributed by atoms with van der Waals surface area (Å²) < 4.78 is 0. The summed E-state index contributed by atoms with van der Waals surface area (Å²) in [6.45, 7) is 3.37. The summed E-state index contributed by atoms with van der Waals surface area (Å²) in [6.07, 6.45) is 4.22. The van der Waals surface area contributed by atoms with Crippen LogP contribution in [0.4, 0.5) is 0 Å². The van der Waals surface area contributed by atoms with E-state index in [1.165, 1.54) is 24.8 Å². The average molecular weight is 224 g/mol. The molecule has 1 saturated carbocycles. The molecule has 0 aliphatic heterocycles. The molecule has 0 radical (unpaired) electrons. The molecule has 0 saturated heterocycles. The van der Waals surface area contributed by atoms with Crippen LogP contribution in [0.5, 0.6) is 0 Å². The third kappa shape index (κ3) is 2.96. The lowest BCUT2D eigenvalue weighted by molar-refractivity contribution is 0.292. The molecule has 1 atom stereocenters. The van der Waals surface area contributed by atoms with Gasteiger partial charge in [-0.1, -0.05) is 30.2 Å². The lowest BCUT2D eigenvalue weighted by Gasteiger charge is -2.27. The van der Waals surface area contributed by atoms with Gasteiger partial charge in [-0.05, 0) is 49.9 Å². The maximum absolute atomic E-state index is 5.86. The number of benzene rings is 1. The largest absolute Gasteiger partial charge is 0.310 e. The molecular formula is C13H18ClN. The Morgan fingerprint density at radius 2 is 2.00 bits per heavy atom. The number of nitrogens with one attached hydrogen (secondary N) is 1. The van der Waals surface area contributed by atoms with Gasteiger partial charge in [-0.15, -0.1) is 0 Å². The zero-order chi connectivity index (χ0) is 10.7. The maximum Gasteiger partial charge on any atom is 0.0406 e. The van der Waals surface area contributed by atoms with Crippen molar-refractivity contribution < 1.29 is 0 Å². The molecule has 1 fully saturated rings. The smallest absolute Gasteiger partial charge is 0.0406 e. The zero-order valence-corrected chi connectivity index (χ0v) is 9.93. The molecule has 0 spiro atoms. The third-order valence-electron chi connectivity index (χ3n) is 3.31. The second-order valence-electron chi connectivity index (χ2n) is 4.48. The highest BCUT2D eigenvalue weighted by molar-refractivity contribution is 6.30. The van der Waals surface area contributed by atoms with Crippen LogP contribution < -0.4 is 5.32 Å². The van der Waals surface area contributed by atoms with Crippen molar-refractivity contribution in [1.29, 1.82) is 0 Å². The average Bonchev–Trinajstić information content (AvgIpc) is 2.16. The van der Waals surface area contributed by atoms with Crippen LogP contribution in [0, 0.1) is 5.92 Å². The lowest BCUT2D eigenvalue weighted by Crippen LogP contribution is -2.29. The summed E-state index contributed by atoms with van der Waals surface area (Å²) in [7, 11) is 0. The van der Waals surface area contributed by atoms with Gasteiger partial charge in [0.25, 0.3) is 0 Å². The Bertz CT molecular complexity index is 303. The van der Waals surface area contributed by atoms with E-state index in [1.54, 1.807) is 0 Å². The van der Waals surface area contributed by atoms with Crippen LogP contribution in [0.1, 0.15) is 37.8 Å². The summed E-state index contributed by atoms with van der Waals surface area (Å²) in [5.41, 5.74) is 1.32. The van der Waals surface area contributed by atoms with E-state index in [9.17, 15) is 0 Å². The molecule has 1 N–H and O–H groups in total. The highest BCUT2D eigenvalue weighted by atomic mass is 35.5. The van der Waals surface area contributed by atoms with Crippen molar-refractivity contribution in [1.82, 2.24) is 5.32 Å². The Morgan fingerprint density at radius 3 is 2.53 bits per heavy atom. The van der Waals surface area contributed by atoms with Gasteiger partial charge in [0.1, 0.15) is 0 Å². The normalized spacial score (nSPS) is 18.5. The Balaban J connectivity index is 1.83. The van der Waals surface area contributed by atoms with Crippen LogP contribution in [0.3, 0.4) is 0 Å². The van der Waals surface area contributed by atoms with E-state index in [2.05, 4.69) is 24.4 Å². The van der Waals surface area contributed by atoms with Crippen molar-refractivity contribution in [2.24, 2.45) is 5.92 Å². The predicted molar refractivity (Wildman–Crippen MR) is 65.2 cm³/mol. The molecular weight excluding hydrogens is 206 g/mol. The number of rotatable bonds is 4. The number of hydrogen-bond donors (Lipinski definition) is 1. The SMILES string of the molecule is C[C@@H](NCC1CCC1)c1ccc(Cl)cc1. The first-order valence-corrected chi connectivity index (χ1v) is 6.12. The van der Waals surface area contributed by atoms with E-state index in [1.807, 2.05) is 12.1 Å². The van der Waals surface area contributed by atoms with Crippen LogP contribution in [0.25, 0.3) is 0 Å². The predicted octanol–water partition coefficient (Wildman–Crippen LogP) is 3.79. The van der Waals surface area contributed by atoms with E-state index in [0.29, 0.717) is 6.04 Å². The van der Waals surface area contributed by atoms with E-state index < -0.39 is 0 Å². The minimum absolute atomic E-state index is 0.433. The van der Waals surface area contributed by atoms with Gasteiger partial charge >= 0.3 is 0 Å². The van der Waals surface area contributed by atoms with Gasteiger partial charge in [0.15, 0.2) is 0 Å². The zero-order valence-electron chi connectivity index (χ0n) is 9.17. The molecule has 2 rings (SSSR count). The minimum atomic E-state index is 0.433. The third-order valence-corrected chi connectivity index (χ3v) is 3.56. The summed E-state index contributed by atoms with van der Waals surface area (Å²) >= 11 is 5.86. The van der Waals surface area contributed by atoms with Gasteiger partial charge < -0.3 is 5.32 Å². The first-order chi connectivity index (χ1) is 7.25. The van der Waals surface area contributed by atoms with Crippen molar-refractivity contribution in [2.45, 2.75) is 32.2 Å². The van der Waals surface area contributed by atoms with Crippen molar-refractivity contribution in [3.63, 3.8) is 0 Å². The second kappa shape index (κ2) is 5.00. The van der Waals surface area contributed by atoms with Gasteiger partial charge in [0, 0.05) is 11.1 Å². The van der Waals surface area contributed by atoms with Gasteiger partial charge in [-0.25, -0.2) is 0 Å². The topological polar surface area (TPSA) is 12.0 Å². The van der Waals surface area contributed by atoms with Crippen molar-refractivity contribution in [3.8, 4) is 0 Å². The number of halogens is 1. The number of hydrogen-bond acceptors (Lipinski definition) is 1. The Hall–Kier alpha value is -0.530. The molecule has 15 heavy (non-hydrogen) atoms. The van der Waals surface area contributed by atoms with Crippen LogP contribution in [0.15, 0.2) is 24.3 Å². The van der Waals surface area contributed by atoms with Crippen LogP contribution in [-0.4, -0.2) is 6.54 Å². The maximum atomic E-state index is 5.86. The minimum Gasteiger partial charge on any atom is -0.310 e. The standard InChI is InChI=1S/C13H18ClN/c1-10(15-9-11-3-2-4-11)12-5-7-13(14)8-6-12/h5-8,10-11,15H,2-4,9H2,1H3/t10-/m1/s1. The van der Waals surface area contributed by atoms with Gasteiger partial charge in [0.2, 0.25) is 0 Å². The summed E-state index contributed by atoms with van der Waals surface area (Å²) in [4.78, 5) is 0. The van der Waals surface area contributed by atoms with E-state index in [0.717, 1.165) is 17.5 Å². The summed E-state index contributed by atoms with van der Waals surface area (Å²) in [5, 5.41) is 4.39. The first kappa shape index (κ1) is 11.0. The molecule has 1 nitrogen and oxygen atoms in total.